The number of anilines is 1. The van der Waals surface area contributed by atoms with Crippen LogP contribution in [-0.2, 0) is 0 Å². The fraction of sp³-hybridized carbons (Fsp3) is 0.179. The quantitative estimate of drug-likeness (QED) is 0.241. The van der Waals surface area contributed by atoms with Gasteiger partial charge in [-0.3, -0.25) is 19.7 Å². The van der Waals surface area contributed by atoms with Crippen LogP contribution in [0.25, 0.3) is 5.69 Å². The number of non-ortho nitro benzene ring substituents is 1. The number of piperidine rings is 1. The molecule has 0 bridgehead atoms. The first-order valence-electron chi connectivity index (χ1n) is 12.2. The van der Waals surface area contributed by atoms with E-state index in [4.69, 9.17) is 11.6 Å². The number of hydrogen-bond donors (Lipinski definition) is 1. The van der Waals surface area contributed by atoms with Crippen molar-refractivity contribution in [1.82, 2.24) is 14.7 Å². The second-order valence-electron chi connectivity index (χ2n) is 9.21. The number of nitro groups is 1. The molecule has 1 aromatic heterocycles. The highest BCUT2D eigenvalue weighted by atomic mass is 35.5. The van der Waals surface area contributed by atoms with E-state index in [1.165, 1.54) is 0 Å². The minimum Gasteiger partial charge on any atom is -0.339 e. The average Bonchev–Trinajstić information content (AvgIpc) is 3.48. The largest absolute Gasteiger partial charge is 0.339 e. The molecule has 3 aromatic carbocycles. The number of halogens is 2. The van der Waals surface area contributed by atoms with Crippen LogP contribution in [0.3, 0.4) is 0 Å². The molecule has 1 N–H and O–H groups in total. The second kappa shape index (κ2) is 11.0. The molecule has 1 aliphatic rings. The molecule has 0 aliphatic carbocycles. The van der Waals surface area contributed by atoms with Crippen molar-refractivity contribution < 1.29 is 18.9 Å². The topological polar surface area (TPSA) is 110 Å². The summed E-state index contributed by atoms with van der Waals surface area (Å²) in [6.07, 6.45) is 4.82. The summed E-state index contributed by atoms with van der Waals surface area (Å²) in [6, 6.07) is 17.3. The normalized spacial score (nSPS) is 13.7. The maximum atomic E-state index is 13.8. The molecule has 198 valence electrons. The number of nitro benzene ring substituents is 1. The number of amides is 2. The molecular weight excluding hydrogens is 525 g/mol. The number of benzene rings is 3. The van der Waals surface area contributed by atoms with Gasteiger partial charge in [0.25, 0.3) is 17.5 Å². The summed E-state index contributed by atoms with van der Waals surface area (Å²) in [5.41, 5.74) is 2.30. The highest BCUT2D eigenvalue weighted by molar-refractivity contribution is 6.34. The van der Waals surface area contributed by atoms with Crippen LogP contribution >= 0.6 is 11.6 Å². The summed E-state index contributed by atoms with van der Waals surface area (Å²) in [4.78, 5) is 37.5. The van der Waals surface area contributed by atoms with Gasteiger partial charge in [0.15, 0.2) is 0 Å². The van der Waals surface area contributed by atoms with Crippen molar-refractivity contribution in [1.29, 1.82) is 0 Å². The molecule has 0 atom stereocenters. The molecule has 1 fully saturated rings. The van der Waals surface area contributed by atoms with Gasteiger partial charge in [0, 0.05) is 42.8 Å². The van der Waals surface area contributed by atoms with Crippen molar-refractivity contribution in [2.75, 3.05) is 18.4 Å². The Balaban J connectivity index is 1.18. The lowest BCUT2D eigenvalue weighted by Crippen LogP contribution is -2.38. The van der Waals surface area contributed by atoms with Gasteiger partial charge in [0.1, 0.15) is 5.82 Å². The van der Waals surface area contributed by atoms with Crippen molar-refractivity contribution in [2.45, 2.75) is 18.8 Å². The molecular formula is C28H23ClFN5O4. The maximum Gasteiger partial charge on any atom is 0.273 e. The SMILES string of the molecule is O=C(Nc1ccc(C2CCN(C(=O)c3cc(F)cc([N+](=O)[O-])c3)CC2)cc1)c1ccc(-n2cccn2)cc1Cl. The molecule has 2 amide bonds. The van der Waals surface area contributed by atoms with Crippen LogP contribution in [0.1, 0.15) is 45.0 Å². The monoisotopic (exact) mass is 547 g/mol. The second-order valence-corrected chi connectivity index (χ2v) is 9.62. The van der Waals surface area contributed by atoms with Crippen LogP contribution < -0.4 is 5.32 Å². The molecule has 4 aromatic rings. The lowest BCUT2D eigenvalue weighted by atomic mass is 9.89. The van der Waals surface area contributed by atoms with E-state index in [-0.39, 0.29) is 17.4 Å². The highest BCUT2D eigenvalue weighted by Crippen LogP contribution is 2.30. The van der Waals surface area contributed by atoms with Gasteiger partial charge in [-0.25, -0.2) is 9.07 Å². The molecule has 0 saturated carbocycles. The molecule has 9 nitrogen and oxygen atoms in total. The third-order valence-corrected chi connectivity index (χ3v) is 7.04. The molecule has 1 aliphatic heterocycles. The summed E-state index contributed by atoms with van der Waals surface area (Å²) in [5, 5.41) is 18.3. The Bertz CT molecular complexity index is 1530. The number of carbonyl (C=O) groups is 2. The Morgan fingerprint density at radius 2 is 1.79 bits per heavy atom. The lowest BCUT2D eigenvalue weighted by molar-refractivity contribution is -0.385. The fourth-order valence-electron chi connectivity index (χ4n) is 4.69. The van der Waals surface area contributed by atoms with E-state index in [9.17, 15) is 24.1 Å². The summed E-state index contributed by atoms with van der Waals surface area (Å²) >= 11 is 6.36. The van der Waals surface area contributed by atoms with Crippen LogP contribution in [0, 0.1) is 15.9 Å². The van der Waals surface area contributed by atoms with Gasteiger partial charge in [0.2, 0.25) is 0 Å². The summed E-state index contributed by atoms with van der Waals surface area (Å²) in [7, 11) is 0. The minimum atomic E-state index is -0.817. The zero-order chi connectivity index (χ0) is 27.5. The van der Waals surface area contributed by atoms with E-state index >= 15 is 0 Å². The molecule has 39 heavy (non-hydrogen) atoms. The van der Waals surface area contributed by atoms with Crippen LogP contribution in [0.2, 0.25) is 5.02 Å². The van der Waals surface area contributed by atoms with Gasteiger partial charge >= 0.3 is 0 Å². The van der Waals surface area contributed by atoms with Crippen molar-refractivity contribution in [3.8, 4) is 5.69 Å². The third-order valence-electron chi connectivity index (χ3n) is 6.73. The summed E-state index contributed by atoms with van der Waals surface area (Å²) in [5.74, 6) is -1.37. The predicted molar refractivity (Wildman–Crippen MR) is 144 cm³/mol. The fourth-order valence-corrected chi connectivity index (χ4v) is 4.95. The summed E-state index contributed by atoms with van der Waals surface area (Å²) < 4.78 is 15.4. The molecule has 2 heterocycles. The lowest BCUT2D eigenvalue weighted by Gasteiger charge is -2.32. The number of rotatable bonds is 6. The molecule has 11 heteroatoms. The van der Waals surface area contributed by atoms with Gasteiger partial charge in [0.05, 0.1) is 27.3 Å². The maximum absolute atomic E-state index is 13.8. The van der Waals surface area contributed by atoms with E-state index in [2.05, 4.69) is 10.4 Å². The highest BCUT2D eigenvalue weighted by Gasteiger charge is 2.26. The molecule has 1 saturated heterocycles. The van der Waals surface area contributed by atoms with E-state index in [1.54, 1.807) is 46.2 Å². The van der Waals surface area contributed by atoms with Gasteiger partial charge in [-0.15, -0.1) is 0 Å². The van der Waals surface area contributed by atoms with Gasteiger partial charge in [-0.05, 0) is 66.8 Å². The number of hydrogen-bond acceptors (Lipinski definition) is 5. The number of aromatic nitrogens is 2. The van der Waals surface area contributed by atoms with Gasteiger partial charge in [-0.2, -0.15) is 5.10 Å². The number of nitrogens with one attached hydrogen (secondary N) is 1. The van der Waals surface area contributed by atoms with E-state index < -0.39 is 22.3 Å². The number of carbonyl (C=O) groups excluding carboxylic acids is 2. The Morgan fingerprint density at radius 1 is 1.05 bits per heavy atom. The first kappa shape index (κ1) is 26.1. The molecule has 0 unspecified atom stereocenters. The molecule has 0 spiro atoms. The van der Waals surface area contributed by atoms with Crippen LogP contribution in [0.15, 0.2) is 79.1 Å². The predicted octanol–water partition coefficient (Wildman–Crippen LogP) is 5.85. The first-order chi connectivity index (χ1) is 18.8. The van der Waals surface area contributed by atoms with E-state index in [1.807, 2.05) is 24.3 Å². The zero-order valence-electron chi connectivity index (χ0n) is 20.6. The van der Waals surface area contributed by atoms with Crippen molar-refractivity contribution in [3.63, 3.8) is 0 Å². The third kappa shape index (κ3) is 5.80. The Hall–Kier alpha value is -4.57. The van der Waals surface area contributed by atoms with Gasteiger partial charge < -0.3 is 10.2 Å². The Morgan fingerprint density at radius 3 is 2.44 bits per heavy atom. The Kier molecular flexibility index (Phi) is 7.38. The zero-order valence-corrected chi connectivity index (χ0v) is 21.3. The summed E-state index contributed by atoms with van der Waals surface area (Å²) in [6.45, 7) is 0.888. The van der Waals surface area contributed by atoms with Crippen LogP contribution in [0.4, 0.5) is 15.8 Å². The van der Waals surface area contributed by atoms with E-state index in [0.717, 1.165) is 29.4 Å². The van der Waals surface area contributed by atoms with E-state index in [0.29, 0.717) is 42.2 Å². The van der Waals surface area contributed by atoms with Crippen LogP contribution in [0.5, 0.6) is 0 Å². The minimum absolute atomic E-state index is 0.0311. The smallest absolute Gasteiger partial charge is 0.273 e. The molecule has 5 rings (SSSR count). The van der Waals surface area contributed by atoms with Crippen molar-refractivity contribution >= 4 is 34.8 Å². The first-order valence-corrected chi connectivity index (χ1v) is 12.6. The van der Waals surface area contributed by atoms with Crippen molar-refractivity contribution in [3.05, 3.63) is 117 Å². The Labute approximate surface area is 228 Å². The van der Waals surface area contributed by atoms with Gasteiger partial charge in [-0.1, -0.05) is 23.7 Å². The van der Waals surface area contributed by atoms with Crippen LogP contribution in [-0.4, -0.2) is 44.5 Å². The average molecular weight is 548 g/mol. The number of likely N-dealkylation sites (tertiary alicyclic amines) is 1. The van der Waals surface area contributed by atoms with Crippen molar-refractivity contribution in [2.24, 2.45) is 0 Å². The standard InChI is InChI=1S/C28H23ClFN5O4/c29-26-17-23(34-11-1-10-31-34)6-7-25(26)27(36)32-22-4-2-18(3-5-22)19-8-12-33(13-9-19)28(37)20-14-21(30)16-24(15-20)35(38)39/h1-7,10-11,14-17,19H,8-9,12-13H2,(H,32,36). The number of nitrogens with zero attached hydrogens (tertiary/aromatic N) is 4. The molecule has 0 radical (unpaired) electrons.